The Hall–Kier alpha value is -2.14. The maximum absolute atomic E-state index is 10.6. The molecule has 2 N–H and O–H groups in total. The normalized spacial score (nSPS) is 13.9. The molecule has 0 aliphatic carbocycles. The summed E-state index contributed by atoms with van der Waals surface area (Å²) in [6.07, 6.45) is 20.1. The number of sulfonamides is 1. The van der Waals surface area contributed by atoms with Crippen LogP contribution in [0.4, 0.5) is 5.69 Å². The summed E-state index contributed by atoms with van der Waals surface area (Å²) < 4.78 is 26.6. The molecule has 7 heteroatoms. The zero-order chi connectivity index (χ0) is 29.2. The summed E-state index contributed by atoms with van der Waals surface area (Å²) >= 11 is 2.12. The Bertz CT molecular complexity index is 1050. The smallest absolute Gasteiger partial charge is 0.209 e. The number of hydrogen-bond donors (Lipinski definition) is 1. The molecule has 3 rings (SSSR count). The van der Waals surface area contributed by atoms with Crippen LogP contribution in [-0.4, -0.2) is 40.6 Å². The predicted molar refractivity (Wildman–Crippen MR) is 170 cm³/mol. The second kappa shape index (κ2) is 19.0. The molecule has 0 fully saturated rings. The Labute approximate surface area is 243 Å². The molecular weight excluding hydrogens is 524 g/mol. The van der Waals surface area contributed by atoms with Crippen molar-refractivity contribution in [1.82, 2.24) is 0 Å². The number of rotatable bonds is 13. The van der Waals surface area contributed by atoms with E-state index in [1.54, 1.807) is 5.56 Å². The highest BCUT2D eigenvalue weighted by atomic mass is 32.2. The molecule has 0 saturated heterocycles. The standard InChI is InChI=1S/C20H33NS.C10H15NO3S.C2H2/c1-5-7-12-20(13-8-6-2)14-11-17-15-18(21(3)4)9-10-19(17)22-16-20;11-15(12,13)9-5-4-8-14-10-6-2-1-3-7-10;1-2/h9-10,15H,5-8,11-14,16H2,1-4H3;1-3,6-7H,4-5,8-9H2,(H2,11,12,13);1-2H. The molecule has 0 atom stereocenters. The maximum atomic E-state index is 10.6. The number of terminal acetylenes is 1. The van der Waals surface area contributed by atoms with Crippen molar-refractivity contribution in [3.63, 3.8) is 0 Å². The van der Waals surface area contributed by atoms with Gasteiger partial charge in [0.15, 0.2) is 0 Å². The second-order valence-electron chi connectivity index (χ2n) is 10.4. The third-order valence-corrected chi connectivity index (χ3v) is 9.30. The van der Waals surface area contributed by atoms with Gasteiger partial charge in [0.05, 0.1) is 12.4 Å². The fourth-order valence-corrected chi connectivity index (χ4v) is 6.63. The number of nitrogens with two attached hydrogens (primary N) is 1. The van der Waals surface area contributed by atoms with Gasteiger partial charge in [0.2, 0.25) is 10.0 Å². The molecule has 0 bridgehead atoms. The van der Waals surface area contributed by atoms with Crippen LogP contribution < -0.4 is 14.8 Å². The number of unbranched alkanes of at least 4 members (excludes halogenated alkanes) is 3. The Balaban J connectivity index is 0.000000391. The fourth-order valence-electron chi connectivity index (χ4n) is 4.62. The van der Waals surface area contributed by atoms with Gasteiger partial charge >= 0.3 is 0 Å². The summed E-state index contributed by atoms with van der Waals surface area (Å²) in [5.74, 6) is 2.14. The van der Waals surface area contributed by atoms with Crippen LogP contribution in [0, 0.1) is 18.3 Å². The van der Waals surface area contributed by atoms with Crippen LogP contribution >= 0.6 is 11.8 Å². The first-order valence-corrected chi connectivity index (χ1v) is 16.8. The van der Waals surface area contributed by atoms with E-state index in [0.29, 0.717) is 24.9 Å². The van der Waals surface area contributed by atoms with Crippen LogP contribution in [0.25, 0.3) is 0 Å². The number of thioether (sulfide) groups is 1. The Kier molecular flexibility index (Phi) is 17.0. The van der Waals surface area contributed by atoms with Gasteiger partial charge in [0, 0.05) is 30.4 Å². The quantitative estimate of drug-likeness (QED) is 0.198. The lowest BCUT2D eigenvalue weighted by molar-refractivity contribution is 0.244. The molecule has 0 spiro atoms. The largest absolute Gasteiger partial charge is 0.494 e. The number of benzene rings is 2. The van der Waals surface area contributed by atoms with Crippen molar-refractivity contribution in [2.24, 2.45) is 10.6 Å². The van der Waals surface area contributed by atoms with E-state index in [1.807, 2.05) is 30.3 Å². The Morgan fingerprint density at radius 1 is 0.974 bits per heavy atom. The summed E-state index contributed by atoms with van der Waals surface area (Å²) in [5.41, 5.74) is 3.49. The van der Waals surface area contributed by atoms with E-state index in [-0.39, 0.29) is 5.75 Å². The van der Waals surface area contributed by atoms with E-state index in [9.17, 15) is 8.42 Å². The summed E-state index contributed by atoms with van der Waals surface area (Å²) in [4.78, 5) is 3.75. The van der Waals surface area contributed by atoms with Crippen LogP contribution in [0.5, 0.6) is 5.75 Å². The minimum Gasteiger partial charge on any atom is -0.494 e. The molecule has 0 saturated carbocycles. The van der Waals surface area contributed by atoms with Crippen LogP contribution in [0.2, 0.25) is 0 Å². The van der Waals surface area contributed by atoms with Crippen molar-refractivity contribution >= 4 is 27.5 Å². The van der Waals surface area contributed by atoms with Crippen LogP contribution in [0.1, 0.15) is 77.2 Å². The lowest BCUT2D eigenvalue weighted by Gasteiger charge is -2.32. The lowest BCUT2D eigenvalue weighted by atomic mass is 9.75. The molecule has 0 unspecified atom stereocenters. The maximum Gasteiger partial charge on any atom is 0.209 e. The van der Waals surface area contributed by atoms with Crippen molar-refractivity contribution in [3.8, 4) is 18.6 Å². The zero-order valence-corrected chi connectivity index (χ0v) is 26.2. The zero-order valence-electron chi connectivity index (χ0n) is 24.5. The van der Waals surface area contributed by atoms with Gasteiger partial charge in [-0.2, -0.15) is 0 Å². The summed E-state index contributed by atoms with van der Waals surface area (Å²) in [7, 11) is 0.950. The molecule has 1 aliphatic rings. The first-order valence-electron chi connectivity index (χ1n) is 14.1. The SMILES string of the molecule is C#C.CCCCC1(CCCC)CCc2cc(N(C)C)ccc2SC1.NS(=O)(=O)CCCCOc1ccccc1. The highest BCUT2D eigenvalue weighted by Gasteiger charge is 2.31. The van der Waals surface area contributed by atoms with Crippen LogP contribution in [-0.2, 0) is 16.4 Å². The van der Waals surface area contributed by atoms with E-state index in [2.05, 4.69) is 75.7 Å². The third kappa shape index (κ3) is 14.2. The average Bonchev–Trinajstić information content (AvgIpc) is 3.11. The Morgan fingerprint density at radius 2 is 1.62 bits per heavy atom. The molecule has 2 aromatic carbocycles. The number of nitrogens with zero attached hydrogens (tertiary/aromatic N) is 1. The molecule has 0 aromatic heterocycles. The summed E-state index contributed by atoms with van der Waals surface area (Å²) in [6, 6.07) is 16.5. The van der Waals surface area contributed by atoms with Gasteiger partial charge in [-0.05, 0) is 79.8 Å². The number of aryl methyl sites for hydroxylation is 1. The monoisotopic (exact) mass is 574 g/mol. The van der Waals surface area contributed by atoms with Gasteiger partial charge < -0.3 is 9.64 Å². The second-order valence-corrected chi connectivity index (χ2v) is 13.2. The summed E-state index contributed by atoms with van der Waals surface area (Å²) in [6.45, 7) is 5.17. The molecule has 39 heavy (non-hydrogen) atoms. The van der Waals surface area contributed by atoms with E-state index < -0.39 is 10.0 Å². The highest BCUT2D eigenvalue weighted by molar-refractivity contribution is 7.99. The number of fused-ring (bicyclic) bond motifs is 1. The predicted octanol–water partition coefficient (Wildman–Crippen LogP) is 7.54. The number of anilines is 1. The summed E-state index contributed by atoms with van der Waals surface area (Å²) in [5, 5.41) is 4.86. The van der Waals surface area contributed by atoms with Crippen molar-refractivity contribution in [2.75, 3.05) is 37.1 Å². The number of ether oxygens (including phenoxy) is 1. The molecule has 2 aromatic rings. The van der Waals surface area contributed by atoms with Gasteiger partial charge in [-0.15, -0.1) is 24.6 Å². The van der Waals surface area contributed by atoms with Gasteiger partial charge in [-0.1, -0.05) is 57.7 Å². The van der Waals surface area contributed by atoms with E-state index in [1.165, 1.54) is 67.7 Å². The van der Waals surface area contributed by atoms with Crippen molar-refractivity contribution < 1.29 is 13.2 Å². The van der Waals surface area contributed by atoms with E-state index in [4.69, 9.17) is 9.88 Å². The molecule has 1 heterocycles. The molecule has 218 valence electrons. The van der Waals surface area contributed by atoms with Crippen LogP contribution in [0.15, 0.2) is 53.4 Å². The minimum atomic E-state index is -3.32. The molecule has 0 radical (unpaired) electrons. The first kappa shape index (κ1) is 34.9. The average molecular weight is 575 g/mol. The molecule has 0 amide bonds. The van der Waals surface area contributed by atoms with E-state index in [0.717, 1.165) is 5.75 Å². The van der Waals surface area contributed by atoms with Gasteiger partial charge in [0.25, 0.3) is 0 Å². The first-order chi connectivity index (χ1) is 18.7. The van der Waals surface area contributed by atoms with Crippen molar-refractivity contribution in [1.29, 1.82) is 0 Å². The number of hydrogen-bond acceptors (Lipinski definition) is 5. The lowest BCUT2D eigenvalue weighted by Crippen LogP contribution is -2.24. The van der Waals surface area contributed by atoms with Crippen molar-refractivity contribution in [3.05, 3.63) is 54.1 Å². The molecular formula is C32H50N2O3S2. The Morgan fingerprint density at radius 3 is 2.18 bits per heavy atom. The number of primary sulfonamides is 1. The van der Waals surface area contributed by atoms with Crippen LogP contribution in [0.3, 0.4) is 0 Å². The topological polar surface area (TPSA) is 72.6 Å². The highest BCUT2D eigenvalue weighted by Crippen LogP contribution is 2.45. The van der Waals surface area contributed by atoms with Gasteiger partial charge in [-0.25, -0.2) is 13.6 Å². The third-order valence-electron chi connectivity index (χ3n) is 6.98. The fraction of sp³-hybridized carbons (Fsp3) is 0.562. The van der Waals surface area contributed by atoms with Gasteiger partial charge in [0.1, 0.15) is 5.75 Å². The molecule has 1 aliphatic heterocycles. The minimum absolute atomic E-state index is 0.0190. The molecule has 5 nitrogen and oxygen atoms in total. The van der Waals surface area contributed by atoms with Gasteiger partial charge in [-0.3, -0.25) is 0 Å². The van der Waals surface area contributed by atoms with E-state index >= 15 is 0 Å². The van der Waals surface area contributed by atoms with Crippen molar-refractivity contribution in [2.45, 2.75) is 83.0 Å². The number of para-hydroxylation sites is 1.